The number of carbonyl (C=O) groups is 1. The molecule has 4 aliphatic heterocycles. The number of benzene rings is 1. The predicted octanol–water partition coefficient (Wildman–Crippen LogP) is 3.42. The standard InChI is InChI=1S/C19H21N3O2S/c20-15-3-1-2-13(10-15)16-4-5-17(25-16)22-12-19(24-18(22)23)11-21-8-6-14(19)7-9-21/h1-5,10,14H,6-9,11-12,20H2/t19-/m1/s1. The molecule has 1 spiro atoms. The molecule has 2 bridgehead atoms. The molecule has 1 atom stereocenters. The van der Waals surface area contributed by atoms with Crippen LogP contribution in [0.25, 0.3) is 10.4 Å². The number of nitrogen functional groups attached to an aromatic ring is 1. The molecule has 4 fully saturated rings. The molecule has 4 saturated heterocycles. The number of nitrogens with two attached hydrogens (primary N) is 1. The third kappa shape index (κ3) is 2.43. The minimum absolute atomic E-state index is 0.199. The van der Waals surface area contributed by atoms with E-state index in [4.69, 9.17) is 10.5 Å². The Morgan fingerprint density at radius 2 is 2.00 bits per heavy atom. The van der Waals surface area contributed by atoms with Crippen LogP contribution in [0, 0.1) is 5.92 Å². The summed E-state index contributed by atoms with van der Waals surface area (Å²) < 4.78 is 5.96. The maximum atomic E-state index is 12.6. The van der Waals surface area contributed by atoms with Gasteiger partial charge in [0.2, 0.25) is 0 Å². The summed E-state index contributed by atoms with van der Waals surface area (Å²) in [5, 5.41) is 0.954. The first-order valence-corrected chi connectivity index (χ1v) is 9.63. The molecule has 5 nitrogen and oxygen atoms in total. The monoisotopic (exact) mass is 355 g/mol. The van der Waals surface area contributed by atoms with E-state index in [2.05, 4.69) is 11.0 Å². The van der Waals surface area contributed by atoms with Crippen LogP contribution in [-0.2, 0) is 4.74 Å². The number of anilines is 2. The molecule has 0 aliphatic carbocycles. The molecule has 0 unspecified atom stereocenters. The number of piperidine rings is 3. The van der Waals surface area contributed by atoms with Gasteiger partial charge in [-0.3, -0.25) is 9.80 Å². The topological polar surface area (TPSA) is 58.8 Å². The molecule has 2 aromatic rings. The first kappa shape index (κ1) is 15.2. The van der Waals surface area contributed by atoms with Crippen LogP contribution in [0.5, 0.6) is 0 Å². The highest BCUT2D eigenvalue weighted by molar-refractivity contribution is 7.19. The summed E-state index contributed by atoms with van der Waals surface area (Å²) in [4.78, 5) is 18.0. The quantitative estimate of drug-likeness (QED) is 0.839. The van der Waals surface area contributed by atoms with Gasteiger partial charge in [0.25, 0.3) is 0 Å². The summed E-state index contributed by atoms with van der Waals surface area (Å²) in [6.45, 7) is 3.84. The number of rotatable bonds is 2. The minimum atomic E-state index is -0.311. The van der Waals surface area contributed by atoms with Crippen molar-refractivity contribution in [3.05, 3.63) is 36.4 Å². The molecule has 1 aromatic heterocycles. The fourth-order valence-electron chi connectivity index (χ4n) is 4.50. The van der Waals surface area contributed by atoms with E-state index in [1.807, 2.05) is 35.2 Å². The van der Waals surface area contributed by atoms with Gasteiger partial charge in [0, 0.05) is 23.0 Å². The summed E-state index contributed by atoms with van der Waals surface area (Å²) in [7, 11) is 0. The van der Waals surface area contributed by atoms with E-state index in [0.717, 1.165) is 53.6 Å². The maximum absolute atomic E-state index is 12.6. The van der Waals surface area contributed by atoms with Crippen molar-refractivity contribution in [3.63, 3.8) is 0 Å². The lowest BCUT2D eigenvalue weighted by Crippen LogP contribution is -2.61. The molecular formula is C19H21N3O2S. The van der Waals surface area contributed by atoms with Gasteiger partial charge in [-0.1, -0.05) is 12.1 Å². The first-order chi connectivity index (χ1) is 12.1. The van der Waals surface area contributed by atoms with Gasteiger partial charge in [-0.2, -0.15) is 0 Å². The molecule has 2 N–H and O–H groups in total. The second-order valence-corrected chi connectivity index (χ2v) is 8.39. The van der Waals surface area contributed by atoms with Gasteiger partial charge in [0.1, 0.15) is 10.6 Å². The van der Waals surface area contributed by atoms with E-state index >= 15 is 0 Å². The predicted molar refractivity (Wildman–Crippen MR) is 99.9 cm³/mol. The molecule has 1 aromatic carbocycles. The van der Waals surface area contributed by atoms with Crippen LogP contribution in [0.2, 0.25) is 0 Å². The number of hydrogen-bond donors (Lipinski definition) is 1. The number of nitrogens with zero attached hydrogens (tertiary/aromatic N) is 2. The van der Waals surface area contributed by atoms with Crippen LogP contribution >= 0.6 is 11.3 Å². The van der Waals surface area contributed by atoms with E-state index in [9.17, 15) is 4.79 Å². The van der Waals surface area contributed by atoms with Crippen LogP contribution in [0.4, 0.5) is 15.5 Å². The molecule has 0 radical (unpaired) electrons. The number of hydrogen-bond acceptors (Lipinski definition) is 5. The van der Waals surface area contributed by atoms with Crippen molar-refractivity contribution in [1.29, 1.82) is 0 Å². The molecule has 25 heavy (non-hydrogen) atoms. The van der Waals surface area contributed by atoms with E-state index < -0.39 is 0 Å². The van der Waals surface area contributed by atoms with Gasteiger partial charge >= 0.3 is 6.09 Å². The number of fused-ring (bicyclic) bond motifs is 2. The summed E-state index contributed by atoms with van der Waals surface area (Å²) >= 11 is 1.62. The fourth-order valence-corrected chi connectivity index (χ4v) is 5.49. The zero-order valence-electron chi connectivity index (χ0n) is 14.0. The molecule has 1 amide bonds. The second-order valence-electron chi connectivity index (χ2n) is 7.33. The Labute approximate surface area is 151 Å². The zero-order valence-corrected chi connectivity index (χ0v) is 14.8. The van der Waals surface area contributed by atoms with Crippen molar-refractivity contribution in [2.75, 3.05) is 36.8 Å². The normalized spacial score (nSPS) is 30.9. The Hall–Kier alpha value is -2.05. The lowest BCUT2D eigenvalue weighted by Gasteiger charge is -2.49. The van der Waals surface area contributed by atoms with Gasteiger partial charge in [0.05, 0.1) is 6.54 Å². The average Bonchev–Trinajstić information content (AvgIpc) is 3.21. The van der Waals surface area contributed by atoms with Crippen LogP contribution < -0.4 is 10.6 Å². The van der Waals surface area contributed by atoms with Crippen molar-refractivity contribution in [2.24, 2.45) is 5.92 Å². The third-order valence-electron chi connectivity index (χ3n) is 5.79. The smallest absolute Gasteiger partial charge is 0.415 e. The Balaban J connectivity index is 1.42. The molecular weight excluding hydrogens is 334 g/mol. The highest BCUT2D eigenvalue weighted by Gasteiger charge is 2.55. The third-order valence-corrected chi connectivity index (χ3v) is 6.95. The Kier molecular flexibility index (Phi) is 3.33. The van der Waals surface area contributed by atoms with Gasteiger partial charge < -0.3 is 10.5 Å². The Morgan fingerprint density at radius 1 is 1.16 bits per heavy atom. The largest absolute Gasteiger partial charge is 0.439 e. The van der Waals surface area contributed by atoms with Gasteiger partial charge in [0.15, 0.2) is 0 Å². The van der Waals surface area contributed by atoms with E-state index in [-0.39, 0.29) is 11.7 Å². The Bertz CT molecular complexity index is 828. The van der Waals surface area contributed by atoms with Crippen molar-refractivity contribution in [1.82, 2.24) is 4.90 Å². The van der Waals surface area contributed by atoms with Gasteiger partial charge in [-0.05, 0) is 55.8 Å². The Morgan fingerprint density at radius 3 is 2.72 bits per heavy atom. The molecule has 4 aliphatic rings. The second kappa shape index (κ2) is 5.47. The van der Waals surface area contributed by atoms with Crippen molar-refractivity contribution in [3.8, 4) is 10.4 Å². The number of carbonyl (C=O) groups excluding carboxylic acids is 1. The average molecular weight is 355 g/mol. The summed E-state index contributed by atoms with van der Waals surface area (Å²) in [6, 6.07) is 11.9. The van der Waals surface area contributed by atoms with Crippen LogP contribution in [0.3, 0.4) is 0 Å². The summed E-state index contributed by atoms with van der Waals surface area (Å²) in [5.74, 6) is 0.500. The zero-order chi connectivity index (χ0) is 17.0. The molecule has 6 rings (SSSR count). The molecule has 0 saturated carbocycles. The highest BCUT2D eigenvalue weighted by Crippen LogP contribution is 2.45. The van der Waals surface area contributed by atoms with Gasteiger partial charge in [-0.15, -0.1) is 11.3 Å². The molecule has 130 valence electrons. The van der Waals surface area contributed by atoms with E-state index in [0.29, 0.717) is 12.5 Å². The van der Waals surface area contributed by atoms with E-state index in [1.54, 1.807) is 11.3 Å². The van der Waals surface area contributed by atoms with Crippen LogP contribution in [0.15, 0.2) is 36.4 Å². The van der Waals surface area contributed by atoms with Gasteiger partial charge in [-0.25, -0.2) is 4.79 Å². The number of thiophene rings is 1. The fraction of sp³-hybridized carbons (Fsp3) is 0.421. The van der Waals surface area contributed by atoms with Crippen LogP contribution in [-0.4, -0.2) is 42.8 Å². The number of ether oxygens (including phenoxy) is 1. The van der Waals surface area contributed by atoms with Crippen molar-refractivity contribution >= 4 is 28.1 Å². The van der Waals surface area contributed by atoms with Crippen molar-refractivity contribution < 1.29 is 9.53 Å². The maximum Gasteiger partial charge on any atom is 0.415 e. The highest BCUT2D eigenvalue weighted by atomic mass is 32.1. The first-order valence-electron chi connectivity index (χ1n) is 8.82. The molecule has 5 heterocycles. The van der Waals surface area contributed by atoms with Crippen LogP contribution in [0.1, 0.15) is 12.8 Å². The molecule has 6 heteroatoms. The van der Waals surface area contributed by atoms with Crippen molar-refractivity contribution in [2.45, 2.75) is 18.4 Å². The lowest BCUT2D eigenvalue weighted by molar-refractivity contribution is -0.0881. The van der Waals surface area contributed by atoms with E-state index in [1.165, 1.54) is 0 Å². The number of amides is 1. The SMILES string of the molecule is Nc1cccc(-c2ccc(N3C[C@@]4(CN5CCC4CC5)OC3=O)s2)c1. The lowest BCUT2D eigenvalue weighted by atomic mass is 9.75. The summed E-state index contributed by atoms with van der Waals surface area (Å²) in [6.07, 6.45) is 2.08. The minimum Gasteiger partial charge on any atom is -0.439 e. The summed E-state index contributed by atoms with van der Waals surface area (Å²) in [5.41, 5.74) is 7.41.